The summed E-state index contributed by atoms with van der Waals surface area (Å²) >= 11 is 0. The minimum absolute atomic E-state index is 0.233. The van der Waals surface area contributed by atoms with Gasteiger partial charge in [0.25, 0.3) is 0 Å². The van der Waals surface area contributed by atoms with Gasteiger partial charge in [-0.3, -0.25) is 4.89 Å². The van der Waals surface area contributed by atoms with Crippen molar-refractivity contribution in [2.24, 2.45) is 5.92 Å². The quantitative estimate of drug-likeness (QED) is 0.268. The summed E-state index contributed by atoms with van der Waals surface area (Å²) in [4.78, 5) is 20.8. The van der Waals surface area contributed by atoms with Gasteiger partial charge in [0.15, 0.2) is 0 Å². The van der Waals surface area contributed by atoms with Gasteiger partial charge < -0.3 is 0 Å². The lowest BCUT2D eigenvalue weighted by Gasteiger charge is -2.05. The van der Waals surface area contributed by atoms with Crippen molar-refractivity contribution >= 4 is 5.97 Å². The van der Waals surface area contributed by atoms with E-state index in [1.54, 1.807) is 0 Å². The van der Waals surface area contributed by atoms with Crippen LogP contribution in [0.3, 0.4) is 0 Å². The number of hydrogen-bond donors (Lipinski definition) is 0. The lowest BCUT2D eigenvalue weighted by atomic mass is 10.1. The SMILES string of the molecule is CCCCCCCCCCCC(=O)OOCC(C)C. The Morgan fingerprint density at radius 3 is 1.95 bits per heavy atom. The molecule has 0 atom stereocenters. The van der Waals surface area contributed by atoms with E-state index in [4.69, 9.17) is 4.89 Å². The molecule has 3 heteroatoms. The first-order valence-electron chi connectivity index (χ1n) is 7.99. The van der Waals surface area contributed by atoms with Crippen LogP contribution in [-0.4, -0.2) is 12.6 Å². The van der Waals surface area contributed by atoms with Crippen molar-refractivity contribution in [1.82, 2.24) is 0 Å². The van der Waals surface area contributed by atoms with Crippen LogP contribution in [0.15, 0.2) is 0 Å². The molecule has 0 saturated heterocycles. The Hall–Kier alpha value is -0.570. The fourth-order valence-corrected chi connectivity index (χ4v) is 1.86. The van der Waals surface area contributed by atoms with Crippen molar-refractivity contribution in [3.05, 3.63) is 0 Å². The zero-order chi connectivity index (χ0) is 14.3. The Morgan fingerprint density at radius 2 is 1.42 bits per heavy atom. The van der Waals surface area contributed by atoms with Gasteiger partial charge in [-0.1, -0.05) is 72.1 Å². The average Bonchev–Trinajstić information content (AvgIpc) is 2.36. The van der Waals surface area contributed by atoms with Gasteiger partial charge in [0, 0.05) is 6.42 Å². The minimum Gasteiger partial charge on any atom is -0.298 e. The molecule has 3 nitrogen and oxygen atoms in total. The summed E-state index contributed by atoms with van der Waals surface area (Å²) in [6.07, 6.45) is 11.8. The van der Waals surface area contributed by atoms with Gasteiger partial charge >= 0.3 is 5.97 Å². The summed E-state index contributed by atoms with van der Waals surface area (Å²) in [5.74, 6) is 0.157. The normalized spacial score (nSPS) is 10.9. The van der Waals surface area contributed by atoms with E-state index in [0.717, 1.165) is 12.8 Å². The molecule has 0 amide bonds. The van der Waals surface area contributed by atoms with Gasteiger partial charge in [-0.15, -0.1) is 0 Å². The van der Waals surface area contributed by atoms with Crippen LogP contribution in [0, 0.1) is 5.92 Å². The molecule has 0 aromatic heterocycles. The molecule has 0 aliphatic carbocycles. The van der Waals surface area contributed by atoms with Crippen molar-refractivity contribution in [2.75, 3.05) is 6.61 Å². The Bertz CT molecular complexity index is 202. The first-order valence-corrected chi connectivity index (χ1v) is 7.99. The summed E-state index contributed by atoms with van der Waals surface area (Å²) in [7, 11) is 0. The molecule has 114 valence electrons. The van der Waals surface area contributed by atoms with Gasteiger partial charge in [-0.05, 0) is 12.3 Å². The predicted molar refractivity (Wildman–Crippen MR) is 78.7 cm³/mol. The highest BCUT2D eigenvalue weighted by Crippen LogP contribution is 2.10. The number of hydrogen-bond acceptors (Lipinski definition) is 3. The van der Waals surface area contributed by atoms with E-state index in [1.807, 2.05) is 13.8 Å². The third-order valence-corrected chi connectivity index (χ3v) is 3.04. The van der Waals surface area contributed by atoms with Crippen LogP contribution >= 0.6 is 0 Å². The van der Waals surface area contributed by atoms with Crippen LogP contribution in [0.1, 0.15) is 85.0 Å². The second kappa shape index (κ2) is 13.9. The molecule has 0 bridgehead atoms. The number of carbonyl (C=O) groups excluding carboxylic acids is 1. The zero-order valence-electron chi connectivity index (χ0n) is 13.1. The second-order valence-electron chi connectivity index (χ2n) is 5.71. The Kier molecular flexibility index (Phi) is 13.4. The molecule has 0 unspecified atom stereocenters. The molecule has 0 aliphatic rings. The monoisotopic (exact) mass is 272 g/mol. The number of carbonyl (C=O) groups is 1. The van der Waals surface area contributed by atoms with Crippen LogP contribution in [-0.2, 0) is 14.6 Å². The van der Waals surface area contributed by atoms with E-state index in [9.17, 15) is 4.79 Å². The van der Waals surface area contributed by atoms with Crippen molar-refractivity contribution in [1.29, 1.82) is 0 Å². The van der Waals surface area contributed by atoms with Crippen LogP contribution in [0.2, 0.25) is 0 Å². The standard InChI is InChI=1S/C16H32O3/c1-4-5-6-7-8-9-10-11-12-13-16(17)19-18-14-15(2)3/h15H,4-14H2,1-3H3. The van der Waals surface area contributed by atoms with Gasteiger partial charge in [0.05, 0.1) is 6.61 Å². The molecular weight excluding hydrogens is 240 g/mol. The Balaban J connectivity index is 3.14. The predicted octanol–water partition coefficient (Wildman–Crippen LogP) is 5.04. The molecule has 0 aromatic rings. The van der Waals surface area contributed by atoms with E-state index in [-0.39, 0.29) is 5.97 Å². The lowest BCUT2D eigenvalue weighted by Crippen LogP contribution is -2.09. The maximum atomic E-state index is 11.3. The third-order valence-electron chi connectivity index (χ3n) is 3.04. The molecule has 0 N–H and O–H groups in total. The Morgan fingerprint density at radius 1 is 0.895 bits per heavy atom. The smallest absolute Gasteiger partial charge is 0.298 e. The summed E-state index contributed by atoms with van der Waals surface area (Å²) in [6, 6.07) is 0. The first-order chi connectivity index (χ1) is 9.16. The van der Waals surface area contributed by atoms with Crippen LogP contribution in [0.4, 0.5) is 0 Å². The molecule has 19 heavy (non-hydrogen) atoms. The van der Waals surface area contributed by atoms with Crippen LogP contribution < -0.4 is 0 Å². The molecule has 0 radical (unpaired) electrons. The largest absolute Gasteiger partial charge is 0.342 e. The van der Waals surface area contributed by atoms with Gasteiger partial charge in [-0.2, -0.15) is 4.89 Å². The minimum atomic E-state index is -0.233. The van der Waals surface area contributed by atoms with E-state index < -0.39 is 0 Å². The highest BCUT2D eigenvalue weighted by atomic mass is 17.2. The summed E-state index contributed by atoms with van der Waals surface area (Å²) in [5, 5.41) is 0. The second-order valence-corrected chi connectivity index (χ2v) is 5.71. The van der Waals surface area contributed by atoms with E-state index in [0.29, 0.717) is 18.9 Å². The van der Waals surface area contributed by atoms with Crippen molar-refractivity contribution in [3.63, 3.8) is 0 Å². The van der Waals surface area contributed by atoms with Crippen molar-refractivity contribution in [2.45, 2.75) is 85.0 Å². The summed E-state index contributed by atoms with van der Waals surface area (Å²) < 4.78 is 0. The van der Waals surface area contributed by atoms with Crippen molar-refractivity contribution < 1.29 is 14.6 Å². The molecule has 0 fully saturated rings. The van der Waals surface area contributed by atoms with Crippen molar-refractivity contribution in [3.8, 4) is 0 Å². The fourth-order valence-electron chi connectivity index (χ4n) is 1.86. The summed E-state index contributed by atoms with van der Waals surface area (Å²) in [5.41, 5.74) is 0. The molecule has 0 spiro atoms. The zero-order valence-corrected chi connectivity index (χ0v) is 13.1. The van der Waals surface area contributed by atoms with E-state index in [2.05, 4.69) is 11.8 Å². The number of rotatable bonds is 13. The molecule has 0 aromatic carbocycles. The highest BCUT2D eigenvalue weighted by Gasteiger charge is 2.04. The first kappa shape index (κ1) is 18.4. The van der Waals surface area contributed by atoms with Gasteiger partial charge in [0.1, 0.15) is 0 Å². The maximum absolute atomic E-state index is 11.3. The average molecular weight is 272 g/mol. The summed E-state index contributed by atoms with van der Waals surface area (Å²) in [6.45, 7) is 6.76. The van der Waals surface area contributed by atoms with Gasteiger partial charge in [0.2, 0.25) is 0 Å². The molecule has 0 aliphatic heterocycles. The van der Waals surface area contributed by atoms with Crippen LogP contribution in [0.25, 0.3) is 0 Å². The fraction of sp³-hybridized carbons (Fsp3) is 0.938. The molecule has 0 saturated carbocycles. The molecular formula is C16H32O3. The van der Waals surface area contributed by atoms with Crippen LogP contribution in [0.5, 0.6) is 0 Å². The number of unbranched alkanes of at least 4 members (excludes halogenated alkanes) is 8. The van der Waals surface area contributed by atoms with E-state index in [1.165, 1.54) is 44.9 Å². The molecule has 0 rings (SSSR count). The Labute approximate surface area is 119 Å². The highest BCUT2D eigenvalue weighted by molar-refractivity contribution is 5.68. The van der Waals surface area contributed by atoms with E-state index >= 15 is 0 Å². The van der Waals surface area contributed by atoms with Gasteiger partial charge in [-0.25, -0.2) is 4.79 Å². The third kappa shape index (κ3) is 15.4. The lowest BCUT2D eigenvalue weighted by molar-refractivity contribution is -0.276. The maximum Gasteiger partial charge on any atom is 0.342 e. The molecule has 0 heterocycles. The topological polar surface area (TPSA) is 35.5 Å².